The van der Waals surface area contributed by atoms with Crippen LogP contribution in [-0.2, 0) is 4.74 Å². The lowest BCUT2D eigenvalue weighted by Crippen LogP contribution is -2.11. The summed E-state index contributed by atoms with van der Waals surface area (Å²) in [5.74, 6) is 0.248. The van der Waals surface area contributed by atoms with Gasteiger partial charge in [0.15, 0.2) is 0 Å². The first-order chi connectivity index (χ1) is 12.5. The predicted octanol–water partition coefficient (Wildman–Crippen LogP) is 3.37. The Kier molecular flexibility index (Phi) is 5.32. The van der Waals surface area contributed by atoms with E-state index in [-0.39, 0.29) is 18.0 Å². The number of esters is 1. The van der Waals surface area contributed by atoms with Crippen molar-refractivity contribution < 1.29 is 18.7 Å². The number of rotatable bonds is 6. The summed E-state index contributed by atoms with van der Waals surface area (Å²) in [4.78, 5) is 32.1. The summed E-state index contributed by atoms with van der Waals surface area (Å²) >= 11 is 1.15. The van der Waals surface area contributed by atoms with Gasteiger partial charge in [0.05, 0.1) is 18.6 Å². The molecular formula is C18H17FN2O4S. The number of thiophene rings is 1. The zero-order valence-corrected chi connectivity index (χ0v) is 15.1. The number of ether oxygens (including phenoxy) is 2. The van der Waals surface area contributed by atoms with Crippen LogP contribution >= 0.6 is 11.3 Å². The van der Waals surface area contributed by atoms with Gasteiger partial charge in [-0.1, -0.05) is 0 Å². The van der Waals surface area contributed by atoms with Crippen molar-refractivity contribution >= 4 is 27.5 Å². The third kappa shape index (κ3) is 3.91. The number of carbonyl (C=O) groups is 1. The fourth-order valence-corrected chi connectivity index (χ4v) is 3.58. The van der Waals surface area contributed by atoms with Crippen LogP contribution < -0.4 is 10.3 Å². The first-order valence-corrected chi connectivity index (χ1v) is 8.83. The Morgan fingerprint density at radius 3 is 2.69 bits per heavy atom. The first kappa shape index (κ1) is 18.1. The highest BCUT2D eigenvalue weighted by molar-refractivity contribution is 7.20. The molecule has 0 aliphatic heterocycles. The average molecular weight is 376 g/mol. The molecule has 0 bridgehead atoms. The minimum absolute atomic E-state index is 0.177. The van der Waals surface area contributed by atoms with E-state index in [4.69, 9.17) is 9.47 Å². The van der Waals surface area contributed by atoms with Gasteiger partial charge in [-0.25, -0.2) is 14.2 Å². The minimum Gasteiger partial charge on any atom is -0.493 e. The van der Waals surface area contributed by atoms with Gasteiger partial charge in [0.25, 0.3) is 5.56 Å². The largest absolute Gasteiger partial charge is 0.493 e. The van der Waals surface area contributed by atoms with Crippen molar-refractivity contribution in [1.29, 1.82) is 0 Å². The van der Waals surface area contributed by atoms with Crippen molar-refractivity contribution in [3.8, 4) is 5.75 Å². The number of aromatic amines is 1. The van der Waals surface area contributed by atoms with Gasteiger partial charge in [-0.15, -0.1) is 11.3 Å². The zero-order valence-electron chi connectivity index (χ0n) is 14.3. The number of fused-ring (bicyclic) bond motifs is 1. The molecule has 0 spiro atoms. The van der Waals surface area contributed by atoms with Crippen LogP contribution in [0.3, 0.4) is 0 Å². The number of halogens is 1. The third-order valence-corrected chi connectivity index (χ3v) is 4.87. The number of carbonyl (C=O) groups excluding carboxylic acids is 1. The molecule has 2 aromatic heterocycles. The smallest absolute Gasteiger partial charge is 0.348 e. The second-order valence-corrected chi connectivity index (χ2v) is 6.68. The molecule has 0 saturated heterocycles. The zero-order chi connectivity index (χ0) is 18.7. The van der Waals surface area contributed by atoms with Crippen molar-refractivity contribution in [2.75, 3.05) is 13.2 Å². The Hall–Kier alpha value is -2.74. The summed E-state index contributed by atoms with van der Waals surface area (Å²) in [5, 5.41) is 0.423. The Labute approximate surface area is 152 Å². The van der Waals surface area contributed by atoms with Gasteiger partial charge < -0.3 is 14.5 Å². The molecule has 0 fully saturated rings. The van der Waals surface area contributed by atoms with Gasteiger partial charge in [0.1, 0.15) is 27.1 Å². The van der Waals surface area contributed by atoms with Crippen LogP contribution in [0.5, 0.6) is 5.75 Å². The Morgan fingerprint density at radius 2 is 1.96 bits per heavy atom. The number of nitrogens with one attached hydrogen (secondary N) is 1. The van der Waals surface area contributed by atoms with E-state index in [9.17, 15) is 14.0 Å². The Bertz CT molecular complexity index is 995. The van der Waals surface area contributed by atoms with E-state index in [1.165, 1.54) is 24.3 Å². The molecule has 3 aromatic rings. The number of hydrogen-bond acceptors (Lipinski definition) is 6. The number of benzene rings is 1. The van der Waals surface area contributed by atoms with Crippen LogP contribution in [0.2, 0.25) is 0 Å². The maximum absolute atomic E-state index is 12.8. The molecule has 0 saturated carbocycles. The Balaban J connectivity index is 1.56. The molecule has 8 heteroatoms. The minimum atomic E-state index is -0.482. The second kappa shape index (κ2) is 7.65. The van der Waals surface area contributed by atoms with Crippen LogP contribution in [0.15, 0.2) is 29.1 Å². The predicted molar refractivity (Wildman–Crippen MR) is 96.5 cm³/mol. The van der Waals surface area contributed by atoms with E-state index < -0.39 is 5.97 Å². The highest BCUT2D eigenvalue weighted by Gasteiger charge is 2.19. The first-order valence-electron chi connectivity index (χ1n) is 8.01. The van der Waals surface area contributed by atoms with Gasteiger partial charge in [0.2, 0.25) is 0 Å². The van der Waals surface area contributed by atoms with Crippen LogP contribution in [-0.4, -0.2) is 29.2 Å². The lowest BCUT2D eigenvalue weighted by Gasteiger charge is -2.07. The van der Waals surface area contributed by atoms with Gasteiger partial charge >= 0.3 is 5.97 Å². The molecule has 0 aliphatic rings. The molecule has 0 amide bonds. The molecule has 26 heavy (non-hydrogen) atoms. The summed E-state index contributed by atoms with van der Waals surface area (Å²) in [6.07, 6.45) is 0.491. The fourth-order valence-electron chi connectivity index (χ4n) is 2.46. The number of nitrogens with zero attached hydrogens (tertiary/aromatic N) is 1. The van der Waals surface area contributed by atoms with Crippen molar-refractivity contribution in [3.05, 3.63) is 56.7 Å². The number of H-pyrrole nitrogens is 1. The molecule has 0 radical (unpaired) electrons. The van der Waals surface area contributed by atoms with E-state index in [0.29, 0.717) is 45.3 Å². The van der Waals surface area contributed by atoms with E-state index >= 15 is 0 Å². The van der Waals surface area contributed by atoms with E-state index in [0.717, 1.165) is 11.3 Å². The molecule has 136 valence electrons. The molecule has 0 atom stereocenters. The topological polar surface area (TPSA) is 81.3 Å². The summed E-state index contributed by atoms with van der Waals surface area (Å²) in [7, 11) is 0. The molecule has 2 heterocycles. The van der Waals surface area contributed by atoms with E-state index in [1.807, 2.05) is 0 Å². The van der Waals surface area contributed by atoms with Crippen LogP contribution in [0.25, 0.3) is 10.2 Å². The van der Waals surface area contributed by atoms with Crippen molar-refractivity contribution in [3.63, 3.8) is 0 Å². The Morgan fingerprint density at radius 1 is 1.23 bits per heavy atom. The third-order valence-electron chi connectivity index (χ3n) is 3.71. The van der Waals surface area contributed by atoms with Gasteiger partial charge in [-0.2, -0.15) is 0 Å². The van der Waals surface area contributed by atoms with Gasteiger partial charge in [-0.3, -0.25) is 4.79 Å². The van der Waals surface area contributed by atoms with Crippen molar-refractivity contribution in [2.45, 2.75) is 20.3 Å². The molecule has 1 N–H and O–H groups in total. The second-order valence-electron chi connectivity index (χ2n) is 5.68. The molecular weight excluding hydrogens is 359 g/mol. The maximum Gasteiger partial charge on any atom is 0.348 e. The summed E-state index contributed by atoms with van der Waals surface area (Å²) in [6, 6.07) is 5.71. The number of aromatic nitrogens is 2. The maximum atomic E-state index is 12.8. The average Bonchev–Trinajstić information content (AvgIpc) is 2.93. The lowest BCUT2D eigenvalue weighted by atomic mass is 10.2. The van der Waals surface area contributed by atoms with E-state index in [2.05, 4.69) is 9.97 Å². The highest BCUT2D eigenvalue weighted by atomic mass is 32.1. The SMILES string of the molecule is Cc1nc2sc(C(=O)OCCCOc3ccc(F)cc3)c(C)c2c(=O)[nH]1. The molecule has 3 rings (SSSR count). The van der Waals surface area contributed by atoms with Gasteiger partial charge in [0, 0.05) is 6.42 Å². The van der Waals surface area contributed by atoms with Crippen LogP contribution in [0.4, 0.5) is 4.39 Å². The summed E-state index contributed by atoms with van der Waals surface area (Å²) in [5.41, 5.74) is 0.319. The number of hydrogen-bond donors (Lipinski definition) is 1. The molecule has 0 unspecified atom stereocenters. The summed E-state index contributed by atoms with van der Waals surface area (Å²) in [6.45, 7) is 3.91. The fraction of sp³-hybridized carbons (Fsp3) is 0.278. The van der Waals surface area contributed by atoms with Crippen LogP contribution in [0.1, 0.15) is 27.5 Å². The van der Waals surface area contributed by atoms with Crippen molar-refractivity contribution in [1.82, 2.24) is 9.97 Å². The lowest BCUT2D eigenvalue weighted by molar-refractivity contribution is 0.0491. The van der Waals surface area contributed by atoms with Crippen LogP contribution in [0, 0.1) is 19.7 Å². The highest BCUT2D eigenvalue weighted by Crippen LogP contribution is 2.27. The molecule has 6 nitrogen and oxygen atoms in total. The molecule has 1 aromatic carbocycles. The quantitative estimate of drug-likeness (QED) is 0.527. The standard InChI is InChI=1S/C18H17FN2O4S/c1-10-14-16(22)20-11(2)21-17(14)26-15(10)18(23)25-9-3-8-24-13-6-4-12(19)5-7-13/h4-7H,3,8-9H2,1-2H3,(H,20,21,22). The van der Waals surface area contributed by atoms with E-state index in [1.54, 1.807) is 13.8 Å². The monoisotopic (exact) mass is 376 g/mol. The van der Waals surface area contributed by atoms with Gasteiger partial charge in [-0.05, 0) is 43.7 Å². The normalized spacial score (nSPS) is 10.9. The van der Waals surface area contributed by atoms with Crippen molar-refractivity contribution in [2.24, 2.45) is 0 Å². The molecule has 0 aliphatic carbocycles. The summed E-state index contributed by atoms with van der Waals surface area (Å²) < 4.78 is 23.5. The number of aryl methyl sites for hydroxylation is 2.